The zero-order valence-electron chi connectivity index (χ0n) is 15.5. The lowest BCUT2D eigenvalue weighted by atomic mass is 10.1. The summed E-state index contributed by atoms with van der Waals surface area (Å²) >= 11 is 3.46. The first-order valence-electron chi connectivity index (χ1n) is 8.60. The Morgan fingerprint density at radius 3 is 3.00 bits per heavy atom. The Bertz CT molecular complexity index is 779. The Kier molecular flexibility index (Phi) is 9.57. The summed E-state index contributed by atoms with van der Waals surface area (Å²) < 4.78 is 8.19. The molecule has 2 heterocycles. The third-order valence-corrected chi connectivity index (χ3v) is 5.86. The Hall–Kier alpha value is -1.13. The monoisotopic (exact) mass is 516 g/mol. The van der Waals surface area contributed by atoms with Crippen molar-refractivity contribution in [2.75, 3.05) is 18.6 Å². The van der Waals surface area contributed by atoms with Gasteiger partial charge < -0.3 is 14.6 Å². The molecule has 1 unspecified atom stereocenters. The number of aliphatic imine (C=N–C) groups is 1. The molecule has 1 aliphatic heterocycles. The lowest BCUT2D eigenvalue weighted by Crippen LogP contribution is -2.21. The number of hydrogen-bond donors (Lipinski definition) is 1. The standard InChI is InChI=1S/C19H24N4OS2.HI/c1-15-16(14-23-11-10-22-19(23)25-2)6-3-7-17(15)24-12-5-13-26-18-20-8-4-9-21-18;/h3-4,6-11,18,20H,5,12-14H2,1-2H3;1H. The van der Waals surface area contributed by atoms with Gasteiger partial charge in [0, 0.05) is 37.1 Å². The SMILES string of the molecule is CSc1nccn1Cc1cccc(OCCCSC2N=CC=CN2)c1C.I. The van der Waals surface area contributed by atoms with Crippen LogP contribution in [0.3, 0.4) is 0 Å². The van der Waals surface area contributed by atoms with Crippen LogP contribution < -0.4 is 10.1 Å². The van der Waals surface area contributed by atoms with Crippen LogP contribution in [0.25, 0.3) is 0 Å². The summed E-state index contributed by atoms with van der Waals surface area (Å²) in [6, 6.07) is 6.27. The van der Waals surface area contributed by atoms with E-state index in [0.29, 0.717) is 6.61 Å². The minimum atomic E-state index is 0. The number of thioether (sulfide) groups is 2. The zero-order valence-corrected chi connectivity index (χ0v) is 19.5. The number of allylic oxidation sites excluding steroid dienone is 1. The van der Waals surface area contributed by atoms with Crippen molar-refractivity contribution < 1.29 is 4.74 Å². The maximum Gasteiger partial charge on any atom is 0.167 e. The minimum Gasteiger partial charge on any atom is -0.493 e. The van der Waals surface area contributed by atoms with Gasteiger partial charge in [-0.3, -0.25) is 4.99 Å². The van der Waals surface area contributed by atoms with Gasteiger partial charge >= 0.3 is 0 Å². The molecule has 1 aliphatic rings. The number of hydrogen-bond acceptors (Lipinski definition) is 6. The molecule has 8 heteroatoms. The van der Waals surface area contributed by atoms with Crippen LogP contribution >= 0.6 is 47.5 Å². The van der Waals surface area contributed by atoms with Crippen LogP contribution in [0, 0.1) is 6.92 Å². The highest BCUT2D eigenvalue weighted by Gasteiger charge is 2.09. The minimum absolute atomic E-state index is 0. The average Bonchev–Trinajstić information content (AvgIpc) is 3.12. The Morgan fingerprint density at radius 2 is 2.22 bits per heavy atom. The Balaban J connectivity index is 0.00000261. The molecular weight excluding hydrogens is 491 g/mol. The molecule has 1 atom stereocenters. The molecule has 0 radical (unpaired) electrons. The summed E-state index contributed by atoms with van der Waals surface area (Å²) in [5, 5.41) is 4.24. The third kappa shape index (κ3) is 6.46. The third-order valence-electron chi connectivity index (χ3n) is 4.06. The number of benzene rings is 1. The molecule has 3 rings (SSSR count). The van der Waals surface area contributed by atoms with Crippen molar-refractivity contribution in [3.05, 3.63) is 54.0 Å². The van der Waals surface area contributed by atoms with E-state index in [1.165, 1.54) is 11.1 Å². The summed E-state index contributed by atoms with van der Waals surface area (Å²) in [5.74, 6) is 1.98. The second-order valence-corrected chi connectivity index (χ2v) is 7.79. The summed E-state index contributed by atoms with van der Waals surface area (Å²) in [5.41, 5.74) is 2.59. The number of ether oxygens (including phenoxy) is 1. The highest BCUT2D eigenvalue weighted by atomic mass is 127. The van der Waals surface area contributed by atoms with E-state index >= 15 is 0 Å². The van der Waals surface area contributed by atoms with Crippen LogP contribution in [0.15, 0.2) is 53.0 Å². The van der Waals surface area contributed by atoms with E-state index in [4.69, 9.17) is 4.74 Å². The number of nitrogens with one attached hydrogen (secondary N) is 1. The van der Waals surface area contributed by atoms with Gasteiger partial charge in [0.05, 0.1) is 6.61 Å². The van der Waals surface area contributed by atoms with Gasteiger partial charge in [-0.25, -0.2) is 4.98 Å². The van der Waals surface area contributed by atoms with Crippen molar-refractivity contribution in [2.24, 2.45) is 4.99 Å². The molecule has 1 N–H and O–H groups in total. The smallest absolute Gasteiger partial charge is 0.167 e. The average molecular weight is 516 g/mol. The van der Waals surface area contributed by atoms with E-state index in [0.717, 1.165) is 29.6 Å². The normalized spacial score (nSPS) is 15.3. The van der Waals surface area contributed by atoms with Crippen molar-refractivity contribution >= 4 is 53.7 Å². The molecule has 27 heavy (non-hydrogen) atoms. The summed E-state index contributed by atoms with van der Waals surface area (Å²) in [7, 11) is 0. The molecule has 0 spiro atoms. The fraction of sp³-hybridized carbons (Fsp3) is 0.368. The maximum absolute atomic E-state index is 6.03. The molecule has 5 nitrogen and oxygen atoms in total. The molecule has 1 aromatic heterocycles. The quantitative estimate of drug-likeness (QED) is 0.301. The van der Waals surface area contributed by atoms with Crippen molar-refractivity contribution in [1.82, 2.24) is 14.9 Å². The van der Waals surface area contributed by atoms with Gasteiger partial charge in [0.15, 0.2) is 10.7 Å². The summed E-state index contributed by atoms with van der Waals surface area (Å²) in [4.78, 5) is 8.72. The molecule has 1 aromatic carbocycles. The number of rotatable bonds is 9. The number of imidazole rings is 1. The Morgan fingerprint density at radius 1 is 1.33 bits per heavy atom. The second kappa shape index (κ2) is 11.7. The topological polar surface area (TPSA) is 51.4 Å². The van der Waals surface area contributed by atoms with Gasteiger partial charge in [-0.05, 0) is 42.9 Å². The lowest BCUT2D eigenvalue weighted by molar-refractivity contribution is 0.316. The molecule has 0 saturated heterocycles. The van der Waals surface area contributed by atoms with Crippen LogP contribution in [0.2, 0.25) is 0 Å². The van der Waals surface area contributed by atoms with E-state index < -0.39 is 0 Å². The lowest BCUT2D eigenvalue weighted by Gasteiger charge is -2.15. The van der Waals surface area contributed by atoms with Gasteiger partial charge in [-0.1, -0.05) is 23.9 Å². The van der Waals surface area contributed by atoms with Crippen LogP contribution in [-0.2, 0) is 6.54 Å². The van der Waals surface area contributed by atoms with E-state index in [-0.39, 0.29) is 29.5 Å². The van der Waals surface area contributed by atoms with Crippen molar-refractivity contribution in [3.63, 3.8) is 0 Å². The van der Waals surface area contributed by atoms with Crippen molar-refractivity contribution in [3.8, 4) is 5.75 Å². The molecule has 146 valence electrons. The summed E-state index contributed by atoms with van der Waals surface area (Å²) in [6.45, 7) is 3.65. The molecule has 0 bridgehead atoms. The number of nitrogens with zero attached hydrogens (tertiary/aromatic N) is 3. The van der Waals surface area contributed by atoms with Gasteiger partial charge in [0.25, 0.3) is 0 Å². The molecule has 0 saturated carbocycles. The van der Waals surface area contributed by atoms with E-state index in [2.05, 4.69) is 38.9 Å². The molecule has 0 aliphatic carbocycles. The maximum atomic E-state index is 6.03. The predicted molar refractivity (Wildman–Crippen MR) is 127 cm³/mol. The molecule has 0 fully saturated rings. The van der Waals surface area contributed by atoms with E-state index in [1.807, 2.05) is 43.2 Å². The highest BCUT2D eigenvalue weighted by molar-refractivity contribution is 14.0. The van der Waals surface area contributed by atoms with Gasteiger partial charge in [0.2, 0.25) is 0 Å². The van der Waals surface area contributed by atoms with Gasteiger partial charge in [-0.15, -0.1) is 35.7 Å². The predicted octanol–water partition coefficient (Wildman–Crippen LogP) is 4.55. The van der Waals surface area contributed by atoms with Crippen molar-refractivity contribution in [2.45, 2.75) is 30.5 Å². The fourth-order valence-corrected chi connectivity index (χ4v) is 4.02. The first-order valence-corrected chi connectivity index (χ1v) is 10.9. The first kappa shape index (κ1) is 22.2. The largest absolute Gasteiger partial charge is 0.493 e. The van der Waals surface area contributed by atoms with Crippen molar-refractivity contribution in [1.29, 1.82) is 0 Å². The zero-order chi connectivity index (χ0) is 18.2. The van der Waals surface area contributed by atoms with Crippen LogP contribution in [-0.4, -0.2) is 39.9 Å². The van der Waals surface area contributed by atoms with Crippen LogP contribution in [0.1, 0.15) is 17.5 Å². The summed E-state index contributed by atoms with van der Waals surface area (Å²) in [6.07, 6.45) is 12.6. The van der Waals surface area contributed by atoms with Gasteiger partial charge in [-0.2, -0.15) is 0 Å². The fourth-order valence-electron chi connectivity index (χ4n) is 2.66. The number of aromatic nitrogens is 2. The highest BCUT2D eigenvalue weighted by Crippen LogP contribution is 2.24. The van der Waals surface area contributed by atoms with Crippen LogP contribution in [0.5, 0.6) is 5.75 Å². The molecular formula is C19H25IN4OS2. The number of halogens is 1. The second-order valence-electron chi connectivity index (χ2n) is 5.83. The van der Waals surface area contributed by atoms with E-state index in [9.17, 15) is 0 Å². The van der Waals surface area contributed by atoms with Gasteiger partial charge in [0.1, 0.15) is 5.75 Å². The first-order chi connectivity index (χ1) is 12.8. The molecule has 2 aromatic rings. The molecule has 0 amide bonds. The van der Waals surface area contributed by atoms with E-state index in [1.54, 1.807) is 23.5 Å². The Labute approximate surface area is 186 Å². The van der Waals surface area contributed by atoms with Crippen LogP contribution in [0.4, 0.5) is 0 Å².